The summed E-state index contributed by atoms with van der Waals surface area (Å²) >= 11 is 0. The summed E-state index contributed by atoms with van der Waals surface area (Å²) in [5, 5.41) is 6.55. The Kier molecular flexibility index (Phi) is 6.99. The van der Waals surface area contributed by atoms with Crippen molar-refractivity contribution in [3.8, 4) is 5.75 Å². The Morgan fingerprint density at radius 2 is 1.81 bits per heavy atom. The van der Waals surface area contributed by atoms with Crippen LogP contribution in [0, 0.1) is 13.8 Å². The largest absolute Gasteiger partial charge is 0.494 e. The summed E-state index contributed by atoms with van der Waals surface area (Å²) in [5.41, 5.74) is 7.31. The molecule has 0 aliphatic carbocycles. The Labute approximate surface area is 218 Å². The summed E-state index contributed by atoms with van der Waals surface area (Å²) in [4.78, 5) is 18.7. The third-order valence-electron chi connectivity index (χ3n) is 6.92. The quantitative estimate of drug-likeness (QED) is 0.255. The third kappa shape index (κ3) is 4.96. The average Bonchev–Trinajstić information content (AvgIpc) is 3.25. The lowest BCUT2D eigenvalue weighted by Gasteiger charge is -2.31. The standard InChI is InChI=1S/C31H34N4O2/c1-5-6-9-18-37-24-15-13-23(14-16-24)29-28(30(36)33-25-17-12-20(2)19-21(25)3)22(4)32-31-34-26-10-7-8-11-27(26)35(29)31/h7-8,10-17,19,29H,5-6,9,18H2,1-4H3,(H,32,34)(H,33,36)/t29-/m1/s1. The van der Waals surface area contributed by atoms with E-state index in [9.17, 15) is 4.79 Å². The van der Waals surface area contributed by atoms with Crippen LogP contribution in [-0.4, -0.2) is 22.1 Å². The maximum atomic E-state index is 13.9. The number of hydrogen-bond acceptors (Lipinski definition) is 4. The van der Waals surface area contributed by atoms with Crippen molar-refractivity contribution in [2.75, 3.05) is 17.2 Å². The molecule has 1 atom stereocenters. The molecule has 2 heterocycles. The maximum absolute atomic E-state index is 13.9. The third-order valence-corrected chi connectivity index (χ3v) is 6.92. The molecule has 4 aromatic rings. The van der Waals surface area contributed by atoms with E-state index >= 15 is 0 Å². The number of hydrogen-bond donors (Lipinski definition) is 2. The summed E-state index contributed by atoms with van der Waals surface area (Å²) in [6.45, 7) is 8.90. The van der Waals surface area contributed by atoms with Gasteiger partial charge in [0.25, 0.3) is 5.91 Å². The molecule has 0 radical (unpaired) electrons. The zero-order chi connectivity index (χ0) is 25.9. The molecule has 1 amide bonds. The topological polar surface area (TPSA) is 68.2 Å². The van der Waals surface area contributed by atoms with Crippen LogP contribution in [0.1, 0.15) is 55.8 Å². The van der Waals surface area contributed by atoms with E-state index in [4.69, 9.17) is 9.72 Å². The Hall–Kier alpha value is -4.06. The van der Waals surface area contributed by atoms with Gasteiger partial charge in [-0.05, 0) is 68.7 Å². The molecule has 3 aromatic carbocycles. The van der Waals surface area contributed by atoms with E-state index in [-0.39, 0.29) is 11.9 Å². The molecule has 0 saturated heterocycles. The molecule has 0 bridgehead atoms. The van der Waals surface area contributed by atoms with Gasteiger partial charge in [-0.25, -0.2) is 4.98 Å². The number of benzene rings is 3. The second-order valence-electron chi connectivity index (χ2n) is 9.76. The van der Waals surface area contributed by atoms with Crippen LogP contribution >= 0.6 is 0 Å². The predicted molar refractivity (Wildman–Crippen MR) is 150 cm³/mol. The summed E-state index contributed by atoms with van der Waals surface area (Å²) in [5.74, 6) is 1.43. The Bertz CT molecular complexity index is 1470. The summed E-state index contributed by atoms with van der Waals surface area (Å²) in [6.07, 6.45) is 3.37. The first kappa shape index (κ1) is 24.6. The molecule has 0 fully saturated rings. The van der Waals surface area contributed by atoms with E-state index in [1.807, 2.05) is 62.4 Å². The van der Waals surface area contributed by atoms with Crippen LogP contribution in [-0.2, 0) is 4.79 Å². The van der Waals surface area contributed by atoms with Gasteiger partial charge < -0.3 is 15.4 Å². The number of anilines is 2. The van der Waals surface area contributed by atoms with E-state index in [0.717, 1.165) is 70.1 Å². The number of ether oxygens (including phenoxy) is 1. The van der Waals surface area contributed by atoms with Crippen LogP contribution in [0.15, 0.2) is 78.0 Å². The number of carbonyl (C=O) groups is 1. The number of aromatic nitrogens is 2. The van der Waals surface area contributed by atoms with Crippen LogP contribution in [0.25, 0.3) is 11.0 Å². The number of carbonyl (C=O) groups excluding carboxylic acids is 1. The first-order valence-corrected chi connectivity index (χ1v) is 13.0. The molecule has 190 valence electrons. The predicted octanol–water partition coefficient (Wildman–Crippen LogP) is 7.15. The molecule has 2 N–H and O–H groups in total. The van der Waals surface area contributed by atoms with Gasteiger partial charge in [0.05, 0.1) is 29.3 Å². The Balaban J connectivity index is 1.54. The van der Waals surface area contributed by atoms with E-state index in [0.29, 0.717) is 12.2 Å². The SMILES string of the molecule is CCCCCOc1ccc([C@@H]2C(C(=O)Nc3ccc(C)cc3C)=C(C)Nc3nc4ccccc4n32)cc1. The first-order valence-electron chi connectivity index (χ1n) is 13.0. The van der Waals surface area contributed by atoms with Gasteiger partial charge in [0, 0.05) is 11.4 Å². The lowest BCUT2D eigenvalue weighted by molar-refractivity contribution is -0.113. The molecule has 0 unspecified atom stereocenters. The van der Waals surface area contributed by atoms with Gasteiger partial charge in [-0.2, -0.15) is 0 Å². The monoisotopic (exact) mass is 494 g/mol. The van der Waals surface area contributed by atoms with Crippen LogP contribution < -0.4 is 15.4 Å². The fourth-order valence-corrected chi connectivity index (χ4v) is 5.01. The fourth-order valence-electron chi connectivity index (χ4n) is 5.01. The van der Waals surface area contributed by atoms with Gasteiger partial charge >= 0.3 is 0 Å². The molecule has 6 nitrogen and oxygen atoms in total. The van der Waals surface area contributed by atoms with Crippen molar-refractivity contribution in [3.63, 3.8) is 0 Å². The number of nitrogens with one attached hydrogen (secondary N) is 2. The van der Waals surface area contributed by atoms with Crippen molar-refractivity contribution in [2.24, 2.45) is 0 Å². The average molecular weight is 495 g/mol. The lowest BCUT2D eigenvalue weighted by atomic mass is 9.94. The molecule has 0 spiro atoms. The van der Waals surface area contributed by atoms with Gasteiger partial charge in [-0.1, -0.05) is 61.7 Å². The second-order valence-corrected chi connectivity index (χ2v) is 9.76. The second kappa shape index (κ2) is 10.5. The highest BCUT2D eigenvalue weighted by molar-refractivity contribution is 6.06. The number of allylic oxidation sites excluding steroid dienone is 1. The minimum Gasteiger partial charge on any atom is -0.494 e. The summed E-state index contributed by atoms with van der Waals surface area (Å²) in [7, 11) is 0. The Morgan fingerprint density at radius 1 is 1.03 bits per heavy atom. The minimum absolute atomic E-state index is 0.134. The highest BCUT2D eigenvalue weighted by Crippen LogP contribution is 2.40. The van der Waals surface area contributed by atoms with Crippen LogP contribution in [0.4, 0.5) is 11.6 Å². The van der Waals surface area contributed by atoms with Gasteiger partial charge in [-0.3, -0.25) is 9.36 Å². The highest BCUT2D eigenvalue weighted by atomic mass is 16.5. The van der Waals surface area contributed by atoms with Crippen molar-refractivity contribution >= 4 is 28.6 Å². The molecular formula is C31H34N4O2. The number of imidazole rings is 1. The number of para-hydroxylation sites is 2. The molecule has 37 heavy (non-hydrogen) atoms. The minimum atomic E-state index is -0.344. The molecule has 1 aromatic heterocycles. The van der Waals surface area contributed by atoms with Crippen molar-refractivity contribution in [1.82, 2.24) is 9.55 Å². The zero-order valence-corrected chi connectivity index (χ0v) is 22.0. The summed E-state index contributed by atoms with van der Waals surface area (Å²) in [6, 6.07) is 21.8. The van der Waals surface area contributed by atoms with Crippen LogP contribution in [0.5, 0.6) is 5.75 Å². The number of rotatable bonds is 8. The van der Waals surface area contributed by atoms with Gasteiger partial charge in [0.1, 0.15) is 5.75 Å². The number of unbranched alkanes of at least 4 members (excludes halogenated alkanes) is 2. The van der Waals surface area contributed by atoms with Crippen molar-refractivity contribution < 1.29 is 9.53 Å². The van der Waals surface area contributed by atoms with Crippen LogP contribution in [0.2, 0.25) is 0 Å². The van der Waals surface area contributed by atoms with E-state index < -0.39 is 0 Å². The van der Waals surface area contributed by atoms with E-state index in [1.165, 1.54) is 0 Å². The highest BCUT2D eigenvalue weighted by Gasteiger charge is 2.34. The molecule has 1 aliphatic rings. The first-order chi connectivity index (χ1) is 18.0. The van der Waals surface area contributed by atoms with E-state index in [1.54, 1.807) is 0 Å². The number of amides is 1. The normalized spacial score (nSPS) is 14.9. The molecule has 6 heteroatoms. The van der Waals surface area contributed by atoms with Gasteiger partial charge in [-0.15, -0.1) is 0 Å². The molecule has 1 aliphatic heterocycles. The molecular weight excluding hydrogens is 460 g/mol. The molecule has 5 rings (SSSR count). The van der Waals surface area contributed by atoms with Gasteiger partial charge in [0.15, 0.2) is 0 Å². The smallest absolute Gasteiger partial charge is 0.255 e. The van der Waals surface area contributed by atoms with Crippen molar-refractivity contribution in [3.05, 3.63) is 94.7 Å². The molecule has 0 saturated carbocycles. The lowest BCUT2D eigenvalue weighted by Crippen LogP contribution is -2.31. The number of aryl methyl sites for hydroxylation is 2. The maximum Gasteiger partial charge on any atom is 0.255 e. The number of fused-ring (bicyclic) bond motifs is 3. The zero-order valence-electron chi connectivity index (χ0n) is 22.0. The van der Waals surface area contributed by atoms with Gasteiger partial charge in [0.2, 0.25) is 5.95 Å². The number of nitrogens with zero attached hydrogens (tertiary/aromatic N) is 2. The fraction of sp³-hybridized carbons (Fsp3) is 0.290. The van der Waals surface area contributed by atoms with Crippen LogP contribution in [0.3, 0.4) is 0 Å². The van der Waals surface area contributed by atoms with Crippen molar-refractivity contribution in [1.29, 1.82) is 0 Å². The van der Waals surface area contributed by atoms with E-state index in [2.05, 4.69) is 47.2 Å². The Morgan fingerprint density at radius 3 is 2.57 bits per heavy atom. The summed E-state index contributed by atoms with van der Waals surface area (Å²) < 4.78 is 8.07. The van der Waals surface area contributed by atoms with Crippen molar-refractivity contribution in [2.45, 2.75) is 53.0 Å².